The van der Waals surface area contributed by atoms with E-state index in [4.69, 9.17) is 16.3 Å². The number of aliphatic hydroxyl groups excluding tert-OH is 1. The van der Waals surface area contributed by atoms with Crippen LogP contribution < -0.4 is 4.74 Å². The molecule has 0 radical (unpaired) electrons. The van der Waals surface area contributed by atoms with Gasteiger partial charge in [-0.25, -0.2) is 4.98 Å². The summed E-state index contributed by atoms with van der Waals surface area (Å²) in [6.07, 6.45) is 1.61. The minimum absolute atomic E-state index is 0.148. The molecule has 2 aromatic rings. The summed E-state index contributed by atoms with van der Waals surface area (Å²) < 4.78 is 6.40. The van der Waals surface area contributed by atoms with Gasteiger partial charge in [-0.3, -0.25) is 0 Å². The Morgan fingerprint density at radius 1 is 1.39 bits per heavy atom. The summed E-state index contributed by atoms with van der Waals surface area (Å²) in [5, 5.41) is 9.78. The van der Waals surface area contributed by atoms with Crippen LogP contribution in [0.5, 0.6) is 11.6 Å². The minimum atomic E-state index is -0.148. The largest absolute Gasteiger partial charge is 0.437 e. The molecule has 1 N–H and O–H groups in total. The van der Waals surface area contributed by atoms with Crippen LogP contribution in [-0.2, 0) is 6.61 Å². The molecule has 1 heterocycles. The van der Waals surface area contributed by atoms with Crippen molar-refractivity contribution in [2.75, 3.05) is 0 Å². The van der Waals surface area contributed by atoms with Gasteiger partial charge in [-0.2, -0.15) is 0 Å². The number of hydrogen-bond acceptors (Lipinski definition) is 3. The van der Waals surface area contributed by atoms with Crippen LogP contribution in [0.2, 0.25) is 5.02 Å². The maximum absolute atomic E-state index is 9.26. The number of aromatic nitrogens is 1. The summed E-state index contributed by atoms with van der Waals surface area (Å²) in [4.78, 5) is 4.12. The van der Waals surface area contributed by atoms with Gasteiger partial charge in [0.25, 0.3) is 0 Å². The first kappa shape index (κ1) is 13.3. The summed E-state index contributed by atoms with van der Waals surface area (Å²) in [5.41, 5.74) is 1.65. The van der Waals surface area contributed by atoms with E-state index < -0.39 is 0 Å². The summed E-state index contributed by atoms with van der Waals surface area (Å²) in [7, 11) is 0. The first-order valence-corrected chi connectivity index (χ1v) is 6.46. The maximum atomic E-state index is 9.26. The van der Waals surface area contributed by atoms with Crippen LogP contribution in [0.3, 0.4) is 0 Å². The highest BCUT2D eigenvalue weighted by atomic mass is 79.9. The Labute approximate surface area is 119 Å². The standard InChI is InChI=1S/C13H11BrClNO2/c1-8-2-3-12(11(15)4-8)18-13-9(7-17)5-10(14)6-16-13/h2-6,17H,7H2,1H3. The fourth-order valence-electron chi connectivity index (χ4n) is 1.47. The molecule has 0 spiro atoms. The zero-order valence-electron chi connectivity index (χ0n) is 9.65. The van der Waals surface area contributed by atoms with Crippen LogP contribution >= 0.6 is 27.5 Å². The Kier molecular flexibility index (Phi) is 4.22. The summed E-state index contributed by atoms with van der Waals surface area (Å²) in [6, 6.07) is 7.25. The Hall–Kier alpha value is -1.10. The molecule has 94 valence electrons. The molecular weight excluding hydrogens is 318 g/mol. The lowest BCUT2D eigenvalue weighted by atomic mass is 10.2. The lowest BCUT2D eigenvalue weighted by Crippen LogP contribution is -1.95. The molecule has 0 aliphatic rings. The molecule has 2 rings (SSSR count). The van der Waals surface area contributed by atoms with Crippen molar-refractivity contribution in [2.24, 2.45) is 0 Å². The third kappa shape index (κ3) is 3.02. The van der Waals surface area contributed by atoms with Crippen LogP contribution in [0.4, 0.5) is 0 Å². The average Bonchev–Trinajstić information content (AvgIpc) is 2.34. The van der Waals surface area contributed by atoms with Gasteiger partial charge in [-0.05, 0) is 46.6 Å². The summed E-state index contributed by atoms with van der Waals surface area (Å²) in [6.45, 7) is 1.80. The number of ether oxygens (including phenoxy) is 1. The molecule has 0 bridgehead atoms. The van der Waals surface area contributed by atoms with Crippen molar-refractivity contribution in [1.29, 1.82) is 0 Å². The second kappa shape index (κ2) is 5.69. The van der Waals surface area contributed by atoms with E-state index in [0.717, 1.165) is 10.0 Å². The van der Waals surface area contributed by atoms with Crippen molar-refractivity contribution >= 4 is 27.5 Å². The number of aliphatic hydroxyl groups is 1. The highest BCUT2D eigenvalue weighted by molar-refractivity contribution is 9.10. The monoisotopic (exact) mass is 327 g/mol. The van der Waals surface area contributed by atoms with Crippen LogP contribution in [0, 0.1) is 6.92 Å². The fraction of sp³-hybridized carbons (Fsp3) is 0.154. The molecule has 0 unspecified atom stereocenters. The van der Waals surface area contributed by atoms with E-state index in [-0.39, 0.29) is 6.61 Å². The quantitative estimate of drug-likeness (QED) is 0.922. The summed E-state index contributed by atoms with van der Waals surface area (Å²) >= 11 is 9.37. The maximum Gasteiger partial charge on any atom is 0.224 e. The average molecular weight is 329 g/mol. The molecule has 0 aliphatic carbocycles. The Morgan fingerprint density at radius 2 is 2.17 bits per heavy atom. The molecule has 3 nitrogen and oxygen atoms in total. The second-order valence-corrected chi connectivity index (χ2v) is 5.13. The molecule has 0 fully saturated rings. The number of nitrogens with zero attached hydrogens (tertiary/aromatic N) is 1. The number of halogens is 2. The normalized spacial score (nSPS) is 10.4. The summed E-state index contributed by atoms with van der Waals surface area (Å²) in [5.74, 6) is 0.873. The van der Waals surface area contributed by atoms with Crippen LogP contribution in [0.25, 0.3) is 0 Å². The predicted molar refractivity (Wildman–Crippen MR) is 74.1 cm³/mol. The van der Waals surface area contributed by atoms with E-state index in [0.29, 0.717) is 22.2 Å². The number of hydrogen-bond donors (Lipinski definition) is 1. The number of pyridine rings is 1. The predicted octanol–water partition coefficient (Wildman–Crippen LogP) is 4.09. The van der Waals surface area contributed by atoms with Gasteiger partial charge in [0.15, 0.2) is 0 Å². The van der Waals surface area contributed by atoms with Gasteiger partial charge >= 0.3 is 0 Å². The third-order valence-corrected chi connectivity index (χ3v) is 3.09. The number of rotatable bonds is 3. The highest BCUT2D eigenvalue weighted by Crippen LogP contribution is 2.31. The van der Waals surface area contributed by atoms with Gasteiger partial charge in [-0.1, -0.05) is 17.7 Å². The van der Waals surface area contributed by atoms with Crippen LogP contribution in [-0.4, -0.2) is 10.1 Å². The first-order valence-electron chi connectivity index (χ1n) is 5.29. The van der Waals surface area contributed by atoms with Crippen molar-refractivity contribution in [1.82, 2.24) is 4.98 Å². The Morgan fingerprint density at radius 3 is 2.83 bits per heavy atom. The van der Waals surface area contributed by atoms with E-state index in [2.05, 4.69) is 20.9 Å². The molecule has 0 amide bonds. The van der Waals surface area contributed by atoms with E-state index in [1.54, 1.807) is 18.3 Å². The van der Waals surface area contributed by atoms with E-state index in [1.807, 2.05) is 19.1 Å². The highest BCUT2D eigenvalue weighted by Gasteiger charge is 2.09. The van der Waals surface area contributed by atoms with Gasteiger partial charge in [0.2, 0.25) is 5.88 Å². The molecule has 0 atom stereocenters. The molecule has 0 aliphatic heterocycles. The second-order valence-electron chi connectivity index (χ2n) is 3.81. The van der Waals surface area contributed by atoms with Gasteiger partial charge < -0.3 is 9.84 Å². The van der Waals surface area contributed by atoms with Gasteiger partial charge in [0.1, 0.15) is 5.75 Å². The first-order chi connectivity index (χ1) is 8.60. The molecule has 0 saturated heterocycles. The van der Waals surface area contributed by atoms with Crippen molar-refractivity contribution in [3.05, 3.63) is 51.1 Å². The topological polar surface area (TPSA) is 42.4 Å². The van der Waals surface area contributed by atoms with E-state index in [1.165, 1.54) is 0 Å². The molecule has 5 heteroatoms. The van der Waals surface area contributed by atoms with E-state index in [9.17, 15) is 5.11 Å². The lowest BCUT2D eigenvalue weighted by Gasteiger charge is -2.10. The number of benzene rings is 1. The molecule has 1 aromatic carbocycles. The zero-order chi connectivity index (χ0) is 13.1. The van der Waals surface area contributed by atoms with Gasteiger partial charge in [0, 0.05) is 16.2 Å². The van der Waals surface area contributed by atoms with Crippen molar-refractivity contribution in [3.63, 3.8) is 0 Å². The molecule has 1 aromatic heterocycles. The Balaban J connectivity index is 2.33. The Bertz CT molecular complexity index is 575. The van der Waals surface area contributed by atoms with Crippen LogP contribution in [0.15, 0.2) is 34.9 Å². The van der Waals surface area contributed by atoms with Crippen molar-refractivity contribution in [2.45, 2.75) is 13.5 Å². The van der Waals surface area contributed by atoms with Crippen LogP contribution in [0.1, 0.15) is 11.1 Å². The lowest BCUT2D eigenvalue weighted by molar-refractivity contribution is 0.275. The third-order valence-electron chi connectivity index (χ3n) is 2.36. The fourth-order valence-corrected chi connectivity index (χ4v) is 2.12. The van der Waals surface area contributed by atoms with Gasteiger partial charge in [-0.15, -0.1) is 0 Å². The van der Waals surface area contributed by atoms with Gasteiger partial charge in [0.05, 0.1) is 11.6 Å². The van der Waals surface area contributed by atoms with Crippen molar-refractivity contribution < 1.29 is 9.84 Å². The molecular formula is C13H11BrClNO2. The smallest absolute Gasteiger partial charge is 0.224 e. The van der Waals surface area contributed by atoms with Crippen molar-refractivity contribution in [3.8, 4) is 11.6 Å². The van der Waals surface area contributed by atoms with E-state index >= 15 is 0 Å². The number of aryl methyl sites for hydroxylation is 1. The SMILES string of the molecule is Cc1ccc(Oc2ncc(Br)cc2CO)c(Cl)c1. The minimum Gasteiger partial charge on any atom is -0.437 e. The molecule has 18 heavy (non-hydrogen) atoms. The zero-order valence-corrected chi connectivity index (χ0v) is 12.0. The molecule has 0 saturated carbocycles.